The molecule has 3 aliphatic rings. The number of nitrogens with zero attached hydrogens (tertiary/aromatic N) is 1. The molecule has 4 atom stereocenters. The molecule has 0 spiro atoms. The van der Waals surface area contributed by atoms with Gasteiger partial charge in [0.2, 0.25) is 0 Å². The summed E-state index contributed by atoms with van der Waals surface area (Å²) in [7, 11) is 0. The highest BCUT2D eigenvalue weighted by atomic mass is 79.9. The Labute approximate surface area is 158 Å². The Hall–Kier alpha value is -1.29. The summed E-state index contributed by atoms with van der Waals surface area (Å²) in [5.41, 5.74) is 1.30. The zero-order valence-electron chi connectivity index (χ0n) is 14.6. The predicted molar refractivity (Wildman–Crippen MR) is 103 cm³/mol. The van der Waals surface area contributed by atoms with Crippen LogP contribution < -0.4 is 0 Å². The molecule has 2 fully saturated rings. The highest BCUT2D eigenvalue weighted by molar-refractivity contribution is 9.11. The number of allylic oxidation sites excluding steroid dienone is 1. The van der Waals surface area contributed by atoms with Gasteiger partial charge in [0.1, 0.15) is 6.10 Å². The fourth-order valence-corrected chi connectivity index (χ4v) is 5.29. The summed E-state index contributed by atoms with van der Waals surface area (Å²) in [5.74, 6) is 1.06. The van der Waals surface area contributed by atoms with Crippen molar-refractivity contribution in [1.29, 1.82) is 0 Å². The first-order valence-electron chi connectivity index (χ1n) is 9.60. The number of amides is 1. The number of carbonyl (C=O) groups is 1. The Morgan fingerprint density at radius 3 is 2.76 bits per heavy atom. The second kappa shape index (κ2) is 7.53. The molecule has 2 aliphatic carbocycles. The van der Waals surface area contributed by atoms with Crippen molar-refractivity contribution in [1.82, 2.24) is 4.90 Å². The van der Waals surface area contributed by atoms with Crippen LogP contribution in [-0.2, 0) is 4.74 Å². The highest BCUT2D eigenvalue weighted by Gasteiger charge is 2.38. The molecule has 0 N–H and O–H groups in total. The standard InChI is InChI=1S/C21H26BrNO2/c22-18-11-10-15-12-13-23(19(18)14-15)21(24)25-20-9-5-4-8-17(20)16-6-2-1-3-7-16/h1-3,6-7,11,15,17,19-20H,4-5,8-10,12-14H2/t15-,17+,19+,20-/m1/s1. The van der Waals surface area contributed by atoms with E-state index in [2.05, 4.69) is 46.3 Å². The molecular formula is C21H26BrNO2. The van der Waals surface area contributed by atoms with Crippen molar-refractivity contribution in [2.45, 2.75) is 63.0 Å². The largest absolute Gasteiger partial charge is 0.445 e. The number of halogens is 1. The van der Waals surface area contributed by atoms with Gasteiger partial charge in [-0.25, -0.2) is 4.79 Å². The lowest BCUT2D eigenvalue weighted by Crippen LogP contribution is -2.49. The molecule has 4 rings (SSSR count). The Morgan fingerprint density at radius 1 is 1.12 bits per heavy atom. The van der Waals surface area contributed by atoms with Crippen LogP contribution in [0, 0.1) is 5.92 Å². The van der Waals surface area contributed by atoms with E-state index in [1.54, 1.807) is 0 Å². The summed E-state index contributed by atoms with van der Waals surface area (Å²) in [5, 5.41) is 0. The summed E-state index contributed by atoms with van der Waals surface area (Å²) >= 11 is 3.67. The number of hydrogen-bond acceptors (Lipinski definition) is 2. The number of hydrogen-bond donors (Lipinski definition) is 0. The summed E-state index contributed by atoms with van der Waals surface area (Å²) in [6, 6.07) is 10.7. The smallest absolute Gasteiger partial charge is 0.410 e. The van der Waals surface area contributed by atoms with Crippen LogP contribution in [0.4, 0.5) is 4.79 Å². The first-order chi connectivity index (χ1) is 12.2. The summed E-state index contributed by atoms with van der Waals surface area (Å²) in [6.07, 6.45) is 9.88. The molecule has 1 heterocycles. The second-order valence-corrected chi connectivity index (χ2v) is 8.56. The monoisotopic (exact) mass is 403 g/mol. The minimum atomic E-state index is -0.122. The van der Waals surface area contributed by atoms with E-state index in [-0.39, 0.29) is 18.2 Å². The number of benzene rings is 1. The molecule has 2 bridgehead atoms. The molecule has 4 heteroatoms. The fourth-order valence-electron chi connectivity index (χ4n) is 4.66. The molecular weight excluding hydrogens is 378 g/mol. The van der Waals surface area contributed by atoms with E-state index < -0.39 is 0 Å². The van der Waals surface area contributed by atoms with Crippen LogP contribution >= 0.6 is 15.9 Å². The zero-order valence-corrected chi connectivity index (χ0v) is 16.2. The van der Waals surface area contributed by atoms with Gasteiger partial charge in [0.05, 0.1) is 6.04 Å². The number of fused-ring (bicyclic) bond motifs is 2. The van der Waals surface area contributed by atoms with Crippen LogP contribution in [0.25, 0.3) is 0 Å². The van der Waals surface area contributed by atoms with Crippen LogP contribution in [0.15, 0.2) is 40.9 Å². The molecule has 1 aliphatic heterocycles. The van der Waals surface area contributed by atoms with E-state index in [4.69, 9.17) is 4.74 Å². The zero-order chi connectivity index (χ0) is 17.2. The van der Waals surface area contributed by atoms with Crippen LogP contribution in [0.5, 0.6) is 0 Å². The summed E-state index contributed by atoms with van der Waals surface area (Å²) < 4.78 is 7.23. The normalized spacial score (nSPS) is 32.0. The van der Waals surface area contributed by atoms with Gasteiger partial charge in [0, 0.05) is 16.9 Å². The third-order valence-electron chi connectivity index (χ3n) is 6.09. The molecule has 0 unspecified atom stereocenters. The Morgan fingerprint density at radius 2 is 1.92 bits per heavy atom. The van der Waals surface area contributed by atoms with Gasteiger partial charge < -0.3 is 9.64 Å². The van der Waals surface area contributed by atoms with E-state index in [1.165, 1.54) is 12.0 Å². The average molecular weight is 404 g/mol. The molecule has 134 valence electrons. The Bertz CT molecular complexity index is 645. The minimum absolute atomic E-state index is 0.00715. The van der Waals surface area contributed by atoms with Crippen molar-refractivity contribution in [3.05, 3.63) is 46.5 Å². The molecule has 1 saturated heterocycles. The second-order valence-electron chi connectivity index (χ2n) is 7.65. The van der Waals surface area contributed by atoms with Crippen LogP contribution in [-0.4, -0.2) is 29.7 Å². The van der Waals surface area contributed by atoms with E-state index >= 15 is 0 Å². The predicted octanol–water partition coefficient (Wildman–Crippen LogP) is 5.61. The van der Waals surface area contributed by atoms with Gasteiger partial charge in [-0.15, -0.1) is 0 Å². The maximum absolute atomic E-state index is 12.9. The number of piperidine rings is 1. The first-order valence-corrected chi connectivity index (χ1v) is 10.4. The molecule has 1 aromatic rings. The molecule has 25 heavy (non-hydrogen) atoms. The average Bonchev–Trinajstić information content (AvgIpc) is 2.66. The van der Waals surface area contributed by atoms with Gasteiger partial charge in [-0.1, -0.05) is 58.8 Å². The number of carbonyl (C=O) groups excluding carboxylic acids is 1. The number of likely N-dealkylation sites (tertiary alicyclic amines) is 1. The van der Waals surface area contributed by atoms with Gasteiger partial charge in [-0.2, -0.15) is 0 Å². The third kappa shape index (κ3) is 3.64. The number of ether oxygens (including phenoxy) is 1. The van der Waals surface area contributed by atoms with Crippen molar-refractivity contribution in [3.63, 3.8) is 0 Å². The van der Waals surface area contributed by atoms with Crippen molar-refractivity contribution >= 4 is 22.0 Å². The lowest BCUT2D eigenvalue weighted by molar-refractivity contribution is 0.0182. The fraction of sp³-hybridized carbons (Fsp3) is 0.571. The lowest BCUT2D eigenvalue weighted by Gasteiger charge is -2.42. The number of rotatable bonds is 2. The van der Waals surface area contributed by atoms with Gasteiger partial charge in [-0.3, -0.25) is 0 Å². The van der Waals surface area contributed by atoms with Gasteiger partial charge in [-0.05, 0) is 50.0 Å². The van der Waals surface area contributed by atoms with E-state index in [0.29, 0.717) is 5.92 Å². The van der Waals surface area contributed by atoms with E-state index in [1.807, 2.05) is 11.0 Å². The lowest BCUT2D eigenvalue weighted by atomic mass is 9.81. The van der Waals surface area contributed by atoms with Crippen LogP contribution in [0.3, 0.4) is 0 Å². The van der Waals surface area contributed by atoms with Crippen LogP contribution in [0.1, 0.15) is 56.4 Å². The van der Waals surface area contributed by atoms with Crippen molar-refractivity contribution in [2.75, 3.05) is 6.54 Å². The van der Waals surface area contributed by atoms with Crippen molar-refractivity contribution in [3.8, 4) is 0 Å². The summed E-state index contributed by atoms with van der Waals surface area (Å²) in [6.45, 7) is 0.819. The maximum Gasteiger partial charge on any atom is 0.410 e. The van der Waals surface area contributed by atoms with Crippen molar-refractivity contribution in [2.24, 2.45) is 5.92 Å². The maximum atomic E-state index is 12.9. The van der Waals surface area contributed by atoms with E-state index in [0.717, 1.165) is 55.5 Å². The van der Waals surface area contributed by atoms with Crippen molar-refractivity contribution < 1.29 is 9.53 Å². The molecule has 3 nitrogen and oxygen atoms in total. The van der Waals surface area contributed by atoms with Gasteiger partial charge >= 0.3 is 6.09 Å². The highest BCUT2D eigenvalue weighted by Crippen LogP contribution is 2.39. The molecule has 0 aromatic heterocycles. The van der Waals surface area contributed by atoms with Gasteiger partial charge in [0.25, 0.3) is 0 Å². The third-order valence-corrected chi connectivity index (χ3v) is 6.94. The Kier molecular flexibility index (Phi) is 5.16. The Balaban J connectivity index is 1.47. The molecule has 1 amide bonds. The quantitative estimate of drug-likeness (QED) is 0.641. The topological polar surface area (TPSA) is 29.5 Å². The molecule has 0 radical (unpaired) electrons. The first kappa shape index (κ1) is 17.1. The van der Waals surface area contributed by atoms with Crippen LogP contribution in [0.2, 0.25) is 0 Å². The minimum Gasteiger partial charge on any atom is -0.445 e. The summed E-state index contributed by atoms with van der Waals surface area (Å²) in [4.78, 5) is 14.9. The van der Waals surface area contributed by atoms with Gasteiger partial charge in [0.15, 0.2) is 0 Å². The SMILES string of the molecule is O=C(O[C@@H]1CCCC[C@H]1c1ccccc1)N1CC[C@H]2CC=C(Br)[C@@H]1C2. The van der Waals surface area contributed by atoms with E-state index in [9.17, 15) is 4.79 Å². The molecule has 1 aromatic carbocycles. The molecule has 1 saturated carbocycles.